The summed E-state index contributed by atoms with van der Waals surface area (Å²) in [7, 11) is 0. The third-order valence-electron chi connectivity index (χ3n) is 5.16. The fourth-order valence-corrected chi connectivity index (χ4v) is 3.43. The summed E-state index contributed by atoms with van der Waals surface area (Å²) >= 11 is 0. The quantitative estimate of drug-likeness (QED) is 0.549. The largest absolute Gasteiger partial charge is 0.484 e. The third-order valence-corrected chi connectivity index (χ3v) is 5.16. The molecule has 0 unspecified atom stereocenters. The summed E-state index contributed by atoms with van der Waals surface area (Å²) in [4.78, 5) is 24.3. The molecule has 0 bridgehead atoms. The van der Waals surface area contributed by atoms with E-state index >= 15 is 0 Å². The molecule has 1 fully saturated rings. The van der Waals surface area contributed by atoms with Gasteiger partial charge in [-0.15, -0.1) is 0 Å². The van der Waals surface area contributed by atoms with Gasteiger partial charge >= 0.3 is 0 Å². The van der Waals surface area contributed by atoms with Crippen LogP contribution in [0.4, 0.5) is 10.1 Å². The van der Waals surface area contributed by atoms with E-state index in [1.54, 1.807) is 23.1 Å². The number of nitro benzene ring substituents is 1. The van der Waals surface area contributed by atoms with Gasteiger partial charge in [-0.25, -0.2) is 4.39 Å². The van der Waals surface area contributed by atoms with E-state index in [0.717, 1.165) is 5.56 Å². The number of piperidine rings is 1. The van der Waals surface area contributed by atoms with Crippen LogP contribution in [0.25, 0.3) is 0 Å². The number of ether oxygens (including phenoxy) is 1. The van der Waals surface area contributed by atoms with E-state index in [1.165, 1.54) is 30.3 Å². The highest BCUT2D eigenvalue weighted by Crippen LogP contribution is 2.34. The predicted octanol–water partition coefficient (Wildman–Crippen LogP) is 3.49. The van der Waals surface area contributed by atoms with Crippen molar-refractivity contribution in [3.8, 4) is 11.8 Å². The van der Waals surface area contributed by atoms with Gasteiger partial charge in [0, 0.05) is 19.2 Å². The molecular formula is C21H20FN3O4. The Labute approximate surface area is 167 Å². The predicted molar refractivity (Wildman–Crippen MR) is 103 cm³/mol. The molecule has 2 aromatic rings. The summed E-state index contributed by atoms with van der Waals surface area (Å²) in [6, 6.07) is 14.2. The molecule has 0 N–H and O–H groups in total. The zero-order chi connectivity index (χ0) is 20.9. The number of halogens is 1. The number of carbonyl (C=O) groups excluding carboxylic acids is 1. The summed E-state index contributed by atoms with van der Waals surface area (Å²) < 4.78 is 18.5. The van der Waals surface area contributed by atoms with Crippen molar-refractivity contribution in [1.82, 2.24) is 4.90 Å². The zero-order valence-electron chi connectivity index (χ0n) is 15.7. The maximum Gasteiger partial charge on any atom is 0.273 e. The molecule has 0 spiro atoms. The minimum atomic E-state index is -0.588. The summed E-state index contributed by atoms with van der Waals surface area (Å²) in [6.07, 6.45) is 1.54. The van der Waals surface area contributed by atoms with Gasteiger partial charge in [0.25, 0.3) is 11.6 Å². The molecule has 8 heteroatoms. The lowest BCUT2D eigenvalue weighted by Gasteiger charge is -2.37. The molecule has 29 heavy (non-hydrogen) atoms. The second-order valence-corrected chi connectivity index (χ2v) is 7.12. The van der Waals surface area contributed by atoms with Crippen molar-refractivity contribution in [1.29, 1.82) is 5.26 Å². The van der Waals surface area contributed by atoms with E-state index in [1.807, 2.05) is 0 Å². The maximum atomic E-state index is 13.1. The van der Waals surface area contributed by atoms with Crippen LogP contribution in [0.1, 0.15) is 18.4 Å². The lowest BCUT2D eigenvalue weighted by Crippen LogP contribution is -2.45. The van der Waals surface area contributed by atoms with Crippen molar-refractivity contribution in [3.05, 3.63) is 70.0 Å². The Hall–Kier alpha value is -3.47. The standard InChI is InChI=1S/C21H20FN3O4/c22-17-6-4-16(5-7-17)13-21(15-23)8-10-24(11-9-21)20(26)14-29-19-3-1-2-18(12-19)25(27)28/h1-7,12H,8-11,13-14H2. The van der Waals surface area contributed by atoms with Gasteiger partial charge in [0.15, 0.2) is 6.61 Å². The highest BCUT2D eigenvalue weighted by Gasteiger charge is 2.36. The molecule has 1 heterocycles. The Morgan fingerprint density at radius 2 is 1.93 bits per heavy atom. The zero-order valence-corrected chi connectivity index (χ0v) is 15.7. The summed E-state index contributed by atoms with van der Waals surface area (Å²) in [5.74, 6) is -0.291. The first kappa shape index (κ1) is 20.3. The van der Waals surface area contributed by atoms with Crippen LogP contribution in [-0.4, -0.2) is 35.4 Å². The molecule has 1 aliphatic heterocycles. The average Bonchev–Trinajstić information content (AvgIpc) is 2.74. The number of nitrogens with zero attached hydrogens (tertiary/aromatic N) is 3. The van der Waals surface area contributed by atoms with E-state index in [9.17, 15) is 24.6 Å². The molecule has 0 radical (unpaired) electrons. The van der Waals surface area contributed by atoms with Gasteiger partial charge in [-0.05, 0) is 43.0 Å². The smallest absolute Gasteiger partial charge is 0.273 e. The number of hydrogen-bond donors (Lipinski definition) is 0. The molecule has 7 nitrogen and oxygen atoms in total. The monoisotopic (exact) mass is 397 g/mol. The minimum Gasteiger partial charge on any atom is -0.484 e. The minimum absolute atomic E-state index is 0.104. The number of hydrogen-bond acceptors (Lipinski definition) is 5. The third kappa shape index (κ3) is 5.08. The molecule has 1 saturated heterocycles. The Kier molecular flexibility index (Phi) is 6.07. The van der Waals surface area contributed by atoms with Crippen molar-refractivity contribution in [2.24, 2.45) is 5.41 Å². The molecule has 0 saturated carbocycles. The fraction of sp³-hybridized carbons (Fsp3) is 0.333. The second-order valence-electron chi connectivity index (χ2n) is 7.12. The molecule has 1 amide bonds. The van der Waals surface area contributed by atoms with Crippen LogP contribution in [0.15, 0.2) is 48.5 Å². The van der Waals surface area contributed by atoms with Crippen LogP contribution in [0, 0.1) is 32.7 Å². The van der Waals surface area contributed by atoms with E-state index in [2.05, 4.69) is 6.07 Å². The second kappa shape index (κ2) is 8.69. The number of carbonyl (C=O) groups is 1. The molecule has 1 aliphatic rings. The van der Waals surface area contributed by atoms with Gasteiger partial charge in [0.05, 0.1) is 22.5 Å². The fourth-order valence-electron chi connectivity index (χ4n) is 3.43. The van der Waals surface area contributed by atoms with Gasteiger partial charge in [-0.3, -0.25) is 14.9 Å². The average molecular weight is 397 g/mol. The number of rotatable bonds is 6. The van der Waals surface area contributed by atoms with Crippen molar-refractivity contribution in [2.75, 3.05) is 19.7 Å². The van der Waals surface area contributed by atoms with Crippen molar-refractivity contribution < 1.29 is 18.8 Å². The highest BCUT2D eigenvalue weighted by atomic mass is 19.1. The van der Waals surface area contributed by atoms with Gasteiger partial charge in [0.2, 0.25) is 0 Å². The van der Waals surface area contributed by atoms with E-state index in [0.29, 0.717) is 32.4 Å². The molecule has 0 aliphatic carbocycles. The summed E-state index contributed by atoms with van der Waals surface area (Å²) in [5.41, 5.74) is 0.199. The number of non-ortho nitro benzene ring substituents is 1. The van der Waals surface area contributed by atoms with Gasteiger partial charge in [0.1, 0.15) is 11.6 Å². The van der Waals surface area contributed by atoms with E-state index < -0.39 is 10.3 Å². The molecule has 3 rings (SSSR count). The molecular weight excluding hydrogens is 377 g/mol. The molecule has 0 aromatic heterocycles. The van der Waals surface area contributed by atoms with Gasteiger partial charge in [-0.1, -0.05) is 18.2 Å². The van der Waals surface area contributed by atoms with Crippen LogP contribution in [0.3, 0.4) is 0 Å². The van der Waals surface area contributed by atoms with Crippen LogP contribution in [-0.2, 0) is 11.2 Å². The lowest BCUT2D eigenvalue weighted by atomic mass is 9.75. The first-order valence-electron chi connectivity index (χ1n) is 9.21. The summed E-state index contributed by atoms with van der Waals surface area (Å²) in [5, 5.41) is 20.5. The topological polar surface area (TPSA) is 96.5 Å². The number of nitriles is 1. The number of likely N-dealkylation sites (tertiary alicyclic amines) is 1. The van der Waals surface area contributed by atoms with Crippen LogP contribution < -0.4 is 4.74 Å². The molecule has 0 atom stereocenters. The van der Waals surface area contributed by atoms with E-state index in [-0.39, 0.29) is 29.8 Å². The number of benzene rings is 2. The van der Waals surface area contributed by atoms with Gasteiger partial charge in [-0.2, -0.15) is 5.26 Å². The van der Waals surface area contributed by atoms with Crippen molar-refractivity contribution in [2.45, 2.75) is 19.3 Å². The molecule has 150 valence electrons. The molecule has 2 aromatic carbocycles. The maximum absolute atomic E-state index is 13.1. The first-order valence-corrected chi connectivity index (χ1v) is 9.21. The van der Waals surface area contributed by atoms with Crippen LogP contribution in [0.5, 0.6) is 5.75 Å². The Morgan fingerprint density at radius 3 is 2.55 bits per heavy atom. The Bertz CT molecular complexity index is 932. The van der Waals surface area contributed by atoms with Crippen LogP contribution >= 0.6 is 0 Å². The highest BCUT2D eigenvalue weighted by molar-refractivity contribution is 5.78. The van der Waals surface area contributed by atoms with E-state index in [4.69, 9.17) is 4.74 Å². The normalized spacial score (nSPS) is 15.4. The number of amides is 1. The van der Waals surface area contributed by atoms with Crippen molar-refractivity contribution in [3.63, 3.8) is 0 Å². The van der Waals surface area contributed by atoms with Crippen LogP contribution in [0.2, 0.25) is 0 Å². The SMILES string of the molecule is N#CC1(Cc2ccc(F)cc2)CCN(C(=O)COc2cccc([N+](=O)[O-])c2)CC1. The first-order chi connectivity index (χ1) is 13.9. The van der Waals surface area contributed by atoms with Crippen molar-refractivity contribution >= 4 is 11.6 Å². The Morgan fingerprint density at radius 1 is 1.24 bits per heavy atom. The Balaban J connectivity index is 1.54. The van der Waals surface area contributed by atoms with Gasteiger partial charge < -0.3 is 9.64 Å². The summed E-state index contributed by atoms with van der Waals surface area (Å²) in [6.45, 7) is 0.621. The lowest BCUT2D eigenvalue weighted by molar-refractivity contribution is -0.384. The number of nitro groups is 1.